The van der Waals surface area contributed by atoms with Gasteiger partial charge in [-0.15, -0.1) is 0 Å². The molecule has 4 heteroatoms. The number of carbonyl (C=O) groups is 1. The lowest BCUT2D eigenvalue weighted by Crippen LogP contribution is -2.18. The van der Waals surface area contributed by atoms with Gasteiger partial charge in [0.2, 0.25) is 5.91 Å². The first-order chi connectivity index (χ1) is 9.86. The topological polar surface area (TPSA) is 46.9 Å². The first kappa shape index (κ1) is 15.3. The summed E-state index contributed by atoms with van der Waals surface area (Å²) in [5.41, 5.74) is 4.29. The lowest BCUT2D eigenvalue weighted by atomic mass is 10.0. The maximum atomic E-state index is 12.3. The van der Waals surface area contributed by atoms with Crippen molar-refractivity contribution in [2.75, 3.05) is 5.32 Å². The van der Waals surface area contributed by atoms with Crippen molar-refractivity contribution in [3.8, 4) is 0 Å². The Bertz CT molecular complexity index is 656. The Morgan fingerprint density at radius 1 is 1.24 bits per heavy atom. The van der Waals surface area contributed by atoms with E-state index in [0.29, 0.717) is 6.42 Å². The van der Waals surface area contributed by atoms with Crippen molar-refractivity contribution >= 4 is 11.7 Å². The Morgan fingerprint density at radius 2 is 1.95 bits per heavy atom. The molecule has 4 nitrogen and oxygen atoms in total. The molecule has 0 aliphatic heterocycles. The fourth-order valence-corrected chi connectivity index (χ4v) is 2.35. The van der Waals surface area contributed by atoms with Gasteiger partial charge in [-0.3, -0.25) is 4.79 Å². The molecular weight excluding hydrogens is 262 g/mol. The van der Waals surface area contributed by atoms with Gasteiger partial charge in [0, 0.05) is 12.1 Å². The fraction of sp³-hybridized carbons (Fsp3) is 0.412. The molecule has 0 bridgehead atoms. The van der Waals surface area contributed by atoms with E-state index in [-0.39, 0.29) is 11.9 Å². The summed E-state index contributed by atoms with van der Waals surface area (Å²) in [5.74, 6) is 0.753. The minimum Gasteiger partial charge on any atom is -0.311 e. The number of benzene rings is 1. The zero-order valence-electron chi connectivity index (χ0n) is 13.4. The number of aromatic nitrogens is 2. The summed E-state index contributed by atoms with van der Waals surface area (Å²) in [6.45, 7) is 10.1. The molecule has 0 aliphatic carbocycles. The van der Waals surface area contributed by atoms with Crippen molar-refractivity contribution < 1.29 is 4.79 Å². The summed E-state index contributed by atoms with van der Waals surface area (Å²) < 4.78 is 1.84. The summed E-state index contributed by atoms with van der Waals surface area (Å²) in [7, 11) is 0. The molecule has 21 heavy (non-hydrogen) atoms. The van der Waals surface area contributed by atoms with E-state index >= 15 is 0 Å². The van der Waals surface area contributed by atoms with Gasteiger partial charge in [0.05, 0.1) is 12.1 Å². The molecule has 0 saturated carbocycles. The lowest BCUT2D eigenvalue weighted by molar-refractivity contribution is -0.115. The van der Waals surface area contributed by atoms with E-state index in [1.165, 1.54) is 5.56 Å². The Balaban J connectivity index is 2.13. The molecule has 112 valence electrons. The Kier molecular flexibility index (Phi) is 4.46. The van der Waals surface area contributed by atoms with Gasteiger partial charge in [-0.25, -0.2) is 4.68 Å². The SMILES string of the molecule is Cc1ccc(C)c(CC(=O)Nc2cc(C)nn2C(C)C)c1. The number of nitrogens with zero attached hydrogens (tertiary/aromatic N) is 2. The van der Waals surface area contributed by atoms with Crippen molar-refractivity contribution in [1.82, 2.24) is 9.78 Å². The maximum absolute atomic E-state index is 12.3. The highest BCUT2D eigenvalue weighted by Crippen LogP contribution is 2.17. The van der Waals surface area contributed by atoms with Gasteiger partial charge in [-0.05, 0) is 45.7 Å². The Hall–Kier alpha value is -2.10. The quantitative estimate of drug-likeness (QED) is 0.933. The molecule has 2 aromatic rings. The van der Waals surface area contributed by atoms with E-state index < -0.39 is 0 Å². The van der Waals surface area contributed by atoms with Crippen LogP contribution >= 0.6 is 0 Å². The second-order valence-electron chi connectivity index (χ2n) is 5.86. The summed E-state index contributed by atoms with van der Waals surface area (Å²) >= 11 is 0. The van der Waals surface area contributed by atoms with Crippen molar-refractivity contribution in [1.29, 1.82) is 0 Å². The first-order valence-corrected chi connectivity index (χ1v) is 7.29. The molecule has 0 spiro atoms. The third kappa shape index (κ3) is 3.72. The number of anilines is 1. The molecule has 0 atom stereocenters. The van der Waals surface area contributed by atoms with Gasteiger partial charge in [0.25, 0.3) is 0 Å². The average Bonchev–Trinajstić information content (AvgIpc) is 2.75. The molecule has 1 aromatic carbocycles. The van der Waals surface area contributed by atoms with Crippen LogP contribution in [0.3, 0.4) is 0 Å². The average molecular weight is 285 g/mol. The monoisotopic (exact) mass is 285 g/mol. The van der Waals surface area contributed by atoms with Gasteiger partial charge in [0.15, 0.2) is 0 Å². The molecule has 1 aromatic heterocycles. The van der Waals surface area contributed by atoms with E-state index in [1.54, 1.807) is 0 Å². The predicted molar refractivity (Wildman–Crippen MR) is 85.6 cm³/mol. The summed E-state index contributed by atoms with van der Waals surface area (Å²) in [4.78, 5) is 12.3. The first-order valence-electron chi connectivity index (χ1n) is 7.29. The highest BCUT2D eigenvalue weighted by atomic mass is 16.1. The van der Waals surface area contributed by atoms with Gasteiger partial charge in [-0.1, -0.05) is 23.8 Å². The standard InChI is InChI=1S/C17H23N3O/c1-11(2)20-16(9-14(5)19-20)18-17(21)10-15-8-12(3)6-7-13(15)4/h6-9,11H,10H2,1-5H3,(H,18,21). The van der Waals surface area contributed by atoms with Gasteiger partial charge in [-0.2, -0.15) is 5.10 Å². The van der Waals surface area contributed by atoms with Crippen molar-refractivity contribution in [2.24, 2.45) is 0 Å². The van der Waals surface area contributed by atoms with Crippen LogP contribution in [0.15, 0.2) is 24.3 Å². The van der Waals surface area contributed by atoms with E-state index in [0.717, 1.165) is 22.6 Å². The highest BCUT2D eigenvalue weighted by Gasteiger charge is 2.12. The predicted octanol–water partition coefficient (Wildman–Crippen LogP) is 3.57. The van der Waals surface area contributed by atoms with Crippen LogP contribution in [0.5, 0.6) is 0 Å². The molecule has 1 heterocycles. The second kappa shape index (κ2) is 6.12. The number of hydrogen-bond donors (Lipinski definition) is 1. The largest absolute Gasteiger partial charge is 0.311 e. The molecule has 0 unspecified atom stereocenters. The van der Waals surface area contributed by atoms with Crippen LogP contribution in [-0.4, -0.2) is 15.7 Å². The summed E-state index contributed by atoms with van der Waals surface area (Å²) in [5, 5.41) is 7.37. The van der Waals surface area contributed by atoms with Crippen LogP contribution in [0.1, 0.15) is 42.3 Å². The minimum atomic E-state index is -0.00880. The molecule has 0 fully saturated rings. The number of aryl methyl sites for hydroxylation is 3. The molecular formula is C17H23N3O. The van der Waals surface area contributed by atoms with E-state index in [9.17, 15) is 4.79 Å². The normalized spacial score (nSPS) is 11.0. The second-order valence-corrected chi connectivity index (χ2v) is 5.86. The summed E-state index contributed by atoms with van der Waals surface area (Å²) in [6, 6.07) is 8.31. The molecule has 0 aliphatic rings. The van der Waals surface area contributed by atoms with Crippen molar-refractivity contribution in [3.63, 3.8) is 0 Å². The molecule has 0 radical (unpaired) electrons. The van der Waals surface area contributed by atoms with Crippen LogP contribution < -0.4 is 5.32 Å². The summed E-state index contributed by atoms with van der Waals surface area (Å²) in [6.07, 6.45) is 0.385. The van der Waals surface area contributed by atoms with Crippen LogP contribution in [0.4, 0.5) is 5.82 Å². The zero-order valence-corrected chi connectivity index (χ0v) is 13.4. The van der Waals surface area contributed by atoms with E-state index in [2.05, 4.69) is 28.6 Å². The number of nitrogens with one attached hydrogen (secondary N) is 1. The zero-order chi connectivity index (χ0) is 15.6. The van der Waals surface area contributed by atoms with Crippen LogP contribution in [-0.2, 0) is 11.2 Å². The lowest BCUT2D eigenvalue weighted by Gasteiger charge is -2.12. The molecule has 1 N–H and O–H groups in total. The highest BCUT2D eigenvalue weighted by molar-refractivity contribution is 5.91. The van der Waals surface area contributed by atoms with E-state index in [1.807, 2.05) is 45.4 Å². The third-order valence-electron chi connectivity index (χ3n) is 3.47. The number of amides is 1. The van der Waals surface area contributed by atoms with Gasteiger partial charge in [0.1, 0.15) is 5.82 Å². The Labute approximate surface area is 126 Å². The van der Waals surface area contributed by atoms with Gasteiger partial charge >= 0.3 is 0 Å². The van der Waals surface area contributed by atoms with Crippen molar-refractivity contribution in [2.45, 2.75) is 47.1 Å². The number of carbonyl (C=O) groups excluding carboxylic acids is 1. The molecule has 1 amide bonds. The smallest absolute Gasteiger partial charge is 0.229 e. The minimum absolute atomic E-state index is 0.00880. The van der Waals surface area contributed by atoms with Crippen molar-refractivity contribution in [3.05, 3.63) is 46.6 Å². The number of rotatable bonds is 4. The Morgan fingerprint density at radius 3 is 2.62 bits per heavy atom. The third-order valence-corrected chi connectivity index (χ3v) is 3.47. The van der Waals surface area contributed by atoms with Gasteiger partial charge < -0.3 is 5.32 Å². The van der Waals surface area contributed by atoms with Crippen LogP contribution in [0.2, 0.25) is 0 Å². The fourth-order valence-electron chi connectivity index (χ4n) is 2.35. The van der Waals surface area contributed by atoms with Crippen LogP contribution in [0, 0.1) is 20.8 Å². The molecule has 2 rings (SSSR count). The molecule has 0 saturated heterocycles. The van der Waals surface area contributed by atoms with E-state index in [4.69, 9.17) is 0 Å². The number of hydrogen-bond acceptors (Lipinski definition) is 2. The van der Waals surface area contributed by atoms with Crippen LogP contribution in [0.25, 0.3) is 0 Å². The maximum Gasteiger partial charge on any atom is 0.229 e.